The van der Waals surface area contributed by atoms with Crippen LogP contribution in [0.2, 0.25) is 0 Å². The van der Waals surface area contributed by atoms with Gasteiger partial charge in [-0.3, -0.25) is 4.79 Å². The summed E-state index contributed by atoms with van der Waals surface area (Å²) in [7, 11) is 1.69. The molecule has 0 heterocycles. The van der Waals surface area contributed by atoms with Crippen LogP contribution in [0.1, 0.15) is 28.8 Å². The lowest BCUT2D eigenvalue weighted by atomic mass is 10.1. The van der Waals surface area contributed by atoms with Crippen molar-refractivity contribution in [3.63, 3.8) is 0 Å². The van der Waals surface area contributed by atoms with E-state index in [-0.39, 0.29) is 6.04 Å². The highest BCUT2D eigenvalue weighted by molar-refractivity contribution is 5.92. The number of benzene rings is 1. The van der Waals surface area contributed by atoms with E-state index < -0.39 is 5.91 Å². The van der Waals surface area contributed by atoms with Crippen molar-refractivity contribution < 1.29 is 9.53 Å². The first-order valence-corrected chi connectivity index (χ1v) is 6.48. The quantitative estimate of drug-likeness (QED) is 0.611. The van der Waals surface area contributed by atoms with Crippen LogP contribution in [0.5, 0.6) is 0 Å². The van der Waals surface area contributed by atoms with Gasteiger partial charge in [-0.15, -0.1) is 0 Å². The molecule has 0 saturated carbocycles. The van der Waals surface area contributed by atoms with Crippen molar-refractivity contribution in [1.82, 2.24) is 5.32 Å². The van der Waals surface area contributed by atoms with Gasteiger partial charge in [-0.2, -0.15) is 0 Å². The van der Waals surface area contributed by atoms with E-state index in [4.69, 9.17) is 16.2 Å². The molecule has 106 valence electrons. The molecule has 0 bridgehead atoms. The number of nitrogens with one attached hydrogen (secondary N) is 1. The van der Waals surface area contributed by atoms with Gasteiger partial charge in [-0.05, 0) is 37.1 Å². The average Bonchev–Trinajstić information content (AvgIpc) is 2.42. The molecule has 0 radical (unpaired) electrons. The van der Waals surface area contributed by atoms with E-state index in [0.29, 0.717) is 25.3 Å². The molecule has 1 atom stereocenters. The summed E-state index contributed by atoms with van der Waals surface area (Å²) in [6, 6.07) is 7.59. The second kappa shape index (κ2) is 8.63. The van der Waals surface area contributed by atoms with Crippen molar-refractivity contribution in [3.8, 4) is 0 Å². The van der Waals surface area contributed by atoms with Crippen LogP contribution in [-0.4, -0.2) is 32.2 Å². The van der Waals surface area contributed by atoms with Crippen molar-refractivity contribution in [2.75, 3.05) is 20.3 Å². The second-order valence-corrected chi connectivity index (χ2v) is 4.53. The molecule has 1 rings (SSSR count). The molecule has 1 aromatic carbocycles. The Morgan fingerprint density at radius 1 is 1.47 bits per heavy atom. The summed E-state index contributed by atoms with van der Waals surface area (Å²) in [5.41, 5.74) is 12.3. The number of ether oxygens (including phenoxy) is 1. The van der Waals surface area contributed by atoms with Crippen molar-refractivity contribution in [1.29, 1.82) is 0 Å². The molecule has 19 heavy (non-hydrogen) atoms. The fourth-order valence-corrected chi connectivity index (χ4v) is 1.91. The highest BCUT2D eigenvalue weighted by Crippen LogP contribution is 2.06. The molecule has 5 nitrogen and oxygen atoms in total. The van der Waals surface area contributed by atoms with Gasteiger partial charge in [0.2, 0.25) is 5.91 Å². The molecule has 0 spiro atoms. The van der Waals surface area contributed by atoms with E-state index in [1.807, 2.05) is 18.2 Å². The molecule has 0 saturated heterocycles. The van der Waals surface area contributed by atoms with E-state index >= 15 is 0 Å². The lowest BCUT2D eigenvalue weighted by Gasteiger charge is -2.17. The minimum absolute atomic E-state index is 0.269. The van der Waals surface area contributed by atoms with Crippen molar-refractivity contribution in [2.45, 2.75) is 25.4 Å². The molecular weight excluding hydrogens is 242 g/mol. The van der Waals surface area contributed by atoms with Crippen molar-refractivity contribution >= 4 is 5.91 Å². The highest BCUT2D eigenvalue weighted by Gasteiger charge is 2.08. The van der Waals surface area contributed by atoms with Gasteiger partial charge in [-0.1, -0.05) is 12.1 Å². The third-order valence-electron chi connectivity index (χ3n) is 2.93. The first-order valence-electron chi connectivity index (χ1n) is 6.48. The summed E-state index contributed by atoms with van der Waals surface area (Å²) < 4.78 is 5.17. The summed E-state index contributed by atoms with van der Waals surface area (Å²) in [5.74, 6) is -0.404. The third-order valence-corrected chi connectivity index (χ3v) is 2.93. The minimum atomic E-state index is -0.404. The van der Waals surface area contributed by atoms with Crippen LogP contribution in [0.15, 0.2) is 24.3 Å². The SMILES string of the molecule is COCC(CCCN)NCc1cccc(C(N)=O)c1. The van der Waals surface area contributed by atoms with Crippen molar-refractivity contribution in [3.05, 3.63) is 35.4 Å². The number of rotatable bonds is 9. The zero-order valence-electron chi connectivity index (χ0n) is 11.4. The van der Waals surface area contributed by atoms with Gasteiger partial charge in [0.25, 0.3) is 0 Å². The predicted molar refractivity (Wildman–Crippen MR) is 75.8 cm³/mol. The first-order chi connectivity index (χ1) is 9.17. The normalized spacial score (nSPS) is 12.3. The van der Waals surface area contributed by atoms with Crippen LogP contribution in [0.3, 0.4) is 0 Å². The summed E-state index contributed by atoms with van der Waals surface area (Å²) in [5, 5.41) is 3.41. The lowest BCUT2D eigenvalue weighted by Crippen LogP contribution is -2.33. The monoisotopic (exact) mass is 265 g/mol. The Hall–Kier alpha value is -1.43. The lowest BCUT2D eigenvalue weighted by molar-refractivity contribution is 0.1000. The number of amides is 1. The molecule has 1 amide bonds. The highest BCUT2D eigenvalue weighted by atomic mass is 16.5. The summed E-state index contributed by atoms with van der Waals surface area (Å²) in [4.78, 5) is 11.1. The standard InChI is InChI=1S/C14H23N3O2/c1-19-10-13(6-3-7-15)17-9-11-4-2-5-12(8-11)14(16)18/h2,4-5,8,13,17H,3,6-7,9-10,15H2,1H3,(H2,16,18). The number of nitrogens with two attached hydrogens (primary N) is 2. The molecule has 0 aliphatic heterocycles. The molecule has 1 aromatic rings. The van der Waals surface area contributed by atoms with Crippen molar-refractivity contribution in [2.24, 2.45) is 11.5 Å². The number of methoxy groups -OCH3 is 1. The number of hydrogen-bond donors (Lipinski definition) is 3. The number of hydrogen-bond acceptors (Lipinski definition) is 4. The van der Waals surface area contributed by atoms with E-state index in [2.05, 4.69) is 5.32 Å². The van der Waals surface area contributed by atoms with E-state index in [9.17, 15) is 4.79 Å². The summed E-state index contributed by atoms with van der Waals surface area (Å²) >= 11 is 0. The Morgan fingerprint density at radius 3 is 2.89 bits per heavy atom. The van der Waals surface area contributed by atoms with Crippen LogP contribution >= 0.6 is 0 Å². The molecule has 0 aliphatic carbocycles. The van der Waals surface area contributed by atoms with Crippen LogP contribution < -0.4 is 16.8 Å². The van der Waals surface area contributed by atoms with E-state index in [1.165, 1.54) is 0 Å². The fourth-order valence-electron chi connectivity index (χ4n) is 1.91. The van der Waals surface area contributed by atoms with Gasteiger partial charge in [0.05, 0.1) is 6.61 Å². The Morgan fingerprint density at radius 2 is 2.26 bits per heavy atom. The maximum Gasteiger partial charge on any atom is 0.248 e. The molecule has 0 aliphatic rings. The van der Waals surface area contributed by atoms with Crippen LogP contribution in [0, 0.1) is 0 Å². The maximum absolute atomic E-state index is 11.1. The van der Waals surface area contributed by atoms with Crippen LogP contribution in [0.25, 0.3) is 0 Å². The van der Waals surface area contributed by atoms with Gasteiger partial charge in [0.1, 0.15) is 0 Å². The Labute approximate surface area is 114 Å². The number of carbonyl (C=O) groups excluding carboxylic acids is 1. The van der Waals surface area contributed by atoms with Gasteiger partial charge in [0.15, 0.2) is 0 Å². The van der Waals surface area contributed by atoms with Gasteiger partial charge >= 0.3 is 0 Å². The zero-order valence-corrected chi connectivity index (χ0v) is 11.4. The van der Waals surface area contributed by atoms with E-state index in [1.54, 1.807) is 13.2 Å². The fraction of sp³-hybridized carbons (Fsp3) is 0.500. The average molecular weight is 265 g/mol. The topological polar surface area (TPSA) is 90.4 Å². The summed E-state index contributed by atoms with van der Waals surface area (Å²) in [6.45, 7) is 2.01. The second-order valence-electron chi connectivity index (χ2n) is 4.53. The largest absolute Gasteiger partial charge is 0.383 e. The van der Waals surface area contributed by atoms with Gasteiger partial charge < -0.3 is 21.5 Å². The van der Waals surface area contributed by atoms with Gasteiger partial charge in [0, 0.05) is 25.3 Å². The van der Waals surface area contributed by atoms with E-state index in [0.717, 1.165) is 18.4 Å². The summed E-state index contributed by atoms with van der Waals surface area (Å²) in [6.07, 6.45) is 1.93. The minimum Gasteiger partial charge on any atom is -0.383 e. The molecule has 0 aromatic heterocycles. The van der Waals surface area contributed by atoms with Crippen LogP contribution in [-0.2, 0) is 11.3 Å². The maximum atomic E-state index is 11.1. The molecular formula is C14H23N3O2. The molecule has 5 heteroatoms. The zero-order chi connectivity index (χ0) is 14.1. The molecule has 0 fully saturated rings. The smallest absolute Gasteiger partial charge is 0.248 e. The predicted octanol–water partition coefficient (Wildman–Crippen LogP) is 0.629. The van der Waals surface area contributed by atoms with Gasteiger partial charge in [-0.25, -0.2) is 0 Å². The molecule has 5 N–H and O–H groups in total. The third kappa shape index (κ3) is 5.83. The molecule has 1 unspecified atom stereocenters. The number of carbonyl (C=O) groups is 1. The Kier molecular flexibility index (Phi) is 7.10. The Bertz CT molecular complexity index is 396. The van der Waals surface area contributed by atoms with Crippen LogP contribution in [0.4, 0.5) is 0 Å². The first kappa shape index (κ1) is 15.6. The Balaban J connectivity index is 2.53. The number of primary amides is 1.